The summed E-state index contributed by atoms with van der Waals surface area (Å²) in [7, 11) is 1.85. The number of para-hydroxylation sites is 1. The van der Waals surface area contributed by atoms with Crippen LogP contribution in [0.4, 0.5) is 0 Å². The van der Waals surface area contributed by atoms with Crippen molar-refractivity contribution in [3.8, 4) is 0 Å². The average molecular weight is 259 g/mol. The Labute approximate surface area is 111 Å². The quantitative estimate of drug-likeness (QED) is 0.876. The minimum atomic E-state index is -0.0345. The van der Waals surface area contributed by atoms with Crippen LogP contribution >= 0.6 is 0 Å². The Morgan fingerprint density at radius 3 is 3.00 bits per heavy atom. The van der Waals surface area contributed by atoms with Crippen LogP contribution in [0, 0.1) is 5.92 Å². The fraction of sp³-hybridized carbons (Fsp3) is 0.429. The van der Waals surface area contributed by atoms with Gasteiger partial charge in [-0.05, 0) is 12.5 Å². The predicted molar refractivity (Wildman–Crippen MR) is 71.8 cm³/mol. The zero-order valence-electron chi connectivity index (χ0n) is 10.9. The van der Waals surface area contributed by atoms with Crippen molar-refractivity contribution in [2.24, 2.45) is 13.0 Å². The number of fused-ring (bicyclic) bond motifs is 1. The first-order valence-corrected chi connectivity index (χ1v) is 6.52. The van der Waals surface area contributed by atoms with Gasteiger partial charge < -0.3 is 10.0 Å². The van der Waals surface area contributed by atoms with Gasteiger partial charge in [-0.25, -0.2) is 0 Å². The molecule has 1 aromatic heterocycles. The lowest BCUT2D eigenvalue weighted by Gasteiger charge is -2.14. The number of amides is 1. The fourth-order valence-electron chi connectivity index (χ4n) is 2.69. The minimum absolute atomic E-state index is 0.0345. The number of aliphatic hydroxyl groups excluding tert-OH is 1. The molecule has 1 atom stereocenters. The van der Waals surface area contributed by atoms with Gasteiger partial charge in [0, 0.05) is 38.0 Å². The number of hydrogen-bond acceptors (Lipinski definition) is 3. The number of aliphatic hydroxyl groups is 1. The molecule has 19 heavy (non-hydrogen) atoms. The lowest BCUT2D eigenvalue weighted by molar-refractivity contribution is 0.0777. The molecule has 0 spiro atoms. The predicted octanol–water partition coefficient (Wildman–Crippen LogP) is 1.03. The Morgan fingerprint density at radius 1 is 1.47 bits per heavy atom. The maximum absolute atomic E-state index is 12.5. The summed E-state index contributed by atoms with van der Waals surface area (Å²) in [4.78, 5) is 14.3. The van der Waals surface area contributed by atoms with E-state index in [1.54, 1.807) is 9.58 Å². The molecule has 0 saturated carbocycles. The van der Waals surface area contributed by atoms with Crippen LogP contribution < -0.4 is 0 Å². The van der Waals surface area contributed by atoms with E-state index in [0.29, 0.717) is 18.8 Å². The molecule has 2 heterocycles. The molecule has 1 fully saturated rings. The first-order valence-electron chi connectivity index (χ1n) is 6.52. The molecule has 1 aromatic carbocycles. The van der Waals surface area contributed by atoms with Crippen molar-refractivity contribution in [2.45, 2.75) is 6.42 Å². The lowest BCUT2D eigenvalue weighted by atomic mass is 10.1. The standard InChI is InChI=1S/C14H17N3O2/c1-16-12-5-3-2-4-11(12)13(15-16)14(19)17-7-6-10(8-17)9-18/h2-5,10,18H,6-9H2,1H3/t10-/m1/s1. The molecule has 0 radical (unpaired) electrons. The lowest BCUT2D eigenvalue weighted by Crippen LogP contribution is -2.29. The molecular weight excluding hydrogens is 242 g/mol. The Bertz CT molecular complexity index is 620. The summed E-state index contributed by atoms with van der Waals surface area (Å²) in [5.41, 5.74) is 1.47. The largest absolute Gasteiger partial charge is 0.396 e. The number of rotatable bonds is 2. The topological polar surface area (TPSA) is 58.4 Å². The van der Waals surface area contributed by atoms with Crippen LogP contribution in [-0.4, -0.2) is 45.4 Å². The number of hydrogen-bond donors (Lipinski definition) is 1. The van der Waals surface area contributed by atoms with Gasteiger partial charge in [0.05, 0.1) is 5.52 Å². The molecule has 5 heteroatoms. The third-order valence-corrected chi connectivity index (χ3v) is 3.79. The highest BCUT2D eigenvalue weighted by molar-refractivity contribution is 6.04. The third-order valence-electron chi connectivity index (χ3n) is 3.79. The molecule has 0 unspecified atom stereocenters. The van der Waals surface area contributed by atoms with Crippen molar-refractivity contribution in [3.05, 3.63) is 30.0 Å². The summed E-state index contributed by atoms with van der Waals surface area (Å²) in [5, 5.41) is 14.4. The summed E-state index contributed by atoms with van der Waals surface area (Å²) < 4.78 is 1.74. The molecule has 1 N–H and O–H groups in total. The van der Waals surface area contributed by atoms with E-state index in [0.717, 1.165) is 17.3 Å². The second-order valence-electron chi connectivity index (χ2n) is 5.08. The normalized spacial score (nSPS) is 19.3. The number of likely N-dealkylation sites (tertiary alicyclic amines) is 1. The van der Waals surface area contributed by atoms with E-state index in [1.807, 2.05) is 31.3 Å². The van der Waals surface area contributed by atoms with Crippen molar-refractivity contribution >= 4 is 16.8 Å². The van der Waals surface area contributed by atoms with Crippen LogP contribution in [0.5, 0.6) is 0 Å². The van der Waals surface area contributed by atoms with Gasteiger partial charge in [0.1, 0.15) is 0 Å². The smallest absolute Gasteiger partial charge is 0.275 e. The maximum atomic E-state index is 12.5. The summed E-state index contributed by atoms with van der Waals surface area (Å²) in [5.74, 6) is 0.173. The monoisotopic (exact) mass is 259 g/mol. The average Bonchev–Trinajstić information content (AvgIpc) is 3.04. The molecular formula is C14H17N3O2. The van der Waals surface area contributed by atoms with Gasteiger partial charge in [-0.1, -0.05) is 18.2 Å². The van der Waals surface area contributed by atoms with Crippen molar-refractivity contribution < 1.29 is 9.90 Å². The number of nitrogens with zero attached hydrogens (tertiary/aromatic N) is 3. The Morgan fingerprint density at radius 2 is 2.26 bits per heavy atom. The van der Waals surface area contributed by atoms with Crippen molar-refractivity contribution in [3.63, 3.8) is 0 Å². The molecule has 1 amide bonds. The molecule has 2 aromatic rings. The van der Waals surface area contributed by atoms with E-state index >= 15 is 0 Å². The van der Waals surface area contributed by atoms with Crippen LogP contribution in [0.25, 0.3) is 10.9 Å². The van der Waals surface area contributed by atoms with Crippen LogP contribution in [0.2, 0.25) is 0 Å². The molecule has 0 bridgehead atoms. The zero-order valence-corrected chi connectivity index (χ0v) is 10.9. The minimum Gasteiger partial charge on any atom is -0.396 e. The van der Waals surface area contributed by atoms with Gasteiger partial charge in [0.15, 0.2) is 5.69 Å². The highest BCUT2D eigenvalue weighted by Gasteiger charge is 2.28. The molecule has 0 aliphatic carbocycles. The molecule has 5 nitrogen and oxygen atoms in total. The first-order chi connectivity index (χ1) is 9.20. The van der Waals surface area contributed by atoms with E-state index in [1.165, 1.54) is 0 Å². The van der Waals surface area contributed by atoms with E-state index in [9.17, 15) is 4.79 Å². The second kappa shape index (κ2) is 4.66. The number of carbonyl (C=O) groups excluding carboxylic acids is 1. The van der Waals surface area contributed by atoms with Gasteiger partial charge in [-0.3, -0.25) is 9.48 Å². The van der Waals surface area contributed by atoms with Crippen LogP contribution in [0.15, 0.2) is 24.3 Å². The first kappa shape index (κ1) is 12.2. The Balaban J connectivity index is 1.94. The fourth-order valence-corrected chi connectivity index (χ4v) is 2.69. The maximum Gasteiger partial charge on any atom is 0.275 e. The molecule has 1 saturated heterocycles. The third kappa shape index (κ3) is 2.00. The van der Waals surface area contributed by atoms with Crippen molar-refractivity contribution in [2.75, 3.05) is 19.7 Å². The van der Waals surface area contributed by atoms with Crippen LogP contribution in [0.3, 0.4) is 0 Å². The summed E-state index contributed by atoms with van der Waals surface area (Å²) in [6.07, 6.45) is 0.868. The van der Waals surface area contributed by atoms with Gasteiger partial charge in [-0.15, -0.1) is 0 Å². The van der Waals surface area contributed by atoms with Crippen molar-refractivity contribution in [1.29, 1.82) is 0 Å². The van der Waals surface area contributed by atoms with Gasteiger partial charge in [0.2, 0.25) is 0 Å². The Kier molecular flexibility index (Phi) is 2.98. The summed E-state index contributed by atoms with van der Waals surface area (Å²) in [6, 6.07) is 7.74. The van der Waals surface area contributed by atoms with Crippen LogP contribution in [-0.2, 0) is 7.05 Å². The molecule has 3 rings (SSSR count). The number of aryl methyl sites for hydroxylation is 1. The molecule has 1 aliphatic heterocycles. The van der Waals surface area contributed by atoms with Gasteiger partial charge in [-0.2, -0.15) is 5.10 Å². The zero-order chi connectivity index (χ0) is 13.4. The van der Waals surface area contributed by atoms with E-state index < -0.39 is 0 Å². The second-order valence-corrected chi connectivity index (χ2v) is 5.08. The Hall–Kier alpha value is -1.88. The SMILES string of the molecule is Cn1nc(C(=O)N2CC[C@@H](CO)C2)c2ccccc21. The van der Waals surface area contributed by atoms with Crippen LogP contribution in [0.1, 0.15) is 16.9 Å². The summed E-state index contributed by atoms with van der Waals surface area (Å²) >= 11 is 0. The van der Waals surface area contributed by atoms with Gasteiger partial charge in [0.25, 0.3) is 5.91 Å². The highest BCUT2D eigenvalue weighted by atomic mass is 16.3. The number of aromatic nitrogens is 2. The van der Waals surface area contributed by atoms with Gasteiger partial charge >= 0.3 is 0 Å². The highest BCUT2D eigenvalue weighted by Crippen LogP contribution is 2.22. The summed E-state index contributed by atoms with van der Waals surface area (Å²) in [6.45, 7) is 1.47. The molecule has 100 valence electrons. The number of benzene rings is 1. The van der Waals surface area contributed by atoms with E-state index in [2.05, 4.69) is 5.10 Å². The molecule has 1 aliphatic rings. The number of carbonyl (C=O) groups is 1. The van der Waals surface area contributed by atoms with Crippen molar-refractivity contribution in [1.82, 2.24) is 14.7 Å². The van der Waals surface area contributed by atoms with E-state index in [-0.39, 0.29) is 18.4 Å². The van der Waals surface area contributed by atoms with E-state index in [4.69, 9.17) is 5.11 Å².